The van der Waals surface area contributed by atoms with Crippen LogP contribution < -0.4 is 9.47 Å². The lowest BCUT2D eigenvalue weighted by Crippen LogP contribution is -2.08. The lowest BCUT2D eigenvalue weighted by atomic mass is 10.1. The number of esters is 2. The number of rotatable bonds is 7. The Labute approximate surface area is 231 Å². The van der Waals surface area contributed by atoms with Gasteiger partial charge in [-0.05, 0) is 55.8 Å². The first-order valence-electron chi connectivity index (χ1n) is 11.7. The van der Waals surface area contributed by atoms with Gasteiger partial charge in [0.1, 0.15) is 4.88 Å². The molecule has 2 heterocycles. The van der Waals surface area contributed by atoms with Crippen LogP contribution in [0.2, 0.25) is 5.02 Å². The number of fused-ring (bicyclic) bond motifs is 1. The van der Waals surface area contributed by atoms with Crippen LogP contribution in [0.15, 0.2) is 71.4 Å². The maximum absolute atomic E-state index is 13.0. The van der Waals surface area contributed by atoms with Crippen LogP contribution in [0.1, 0.15) is 33.3 Å². The number of aliphatic imine (C=N–C) groups is 1. The molecule has 0 unspecified atom stereocenters. The molecule has 9 nitrogen and oxygen atoms in total. The van der Waals surface area contributed by atoms with Crippen LogP contribution in [0, 0.1) is 17.0 Å². The fraction of sp³-hybridized carbons (Fsp3) is 0.107. The van der Waals surface area contributed by atoms with Crippen LogP contribution in [-0.4, -0.2) is 29.4 Å². The molecule has 0 saturated heterocycles. The van der Waals surface area contributed by atoms with E-state index in [-0.39, 0.29) is 45.3 Å². The molecule has 39 heavy (non-hydrogen) atoms. The number of carbonyl (C=O) groups excluding carboxylic acids is 2. The minimum Gasteiger partial charge on any atom is -0.490 e. The van der Waals surface area contributed by atoms with Gasteiger partial charge in [0.05, 0.1) is 16.6 Å². The number of hydrogen-bond donors (Lipinski definition) is 0. The molecule has 0 radical (unpaired) electrons. The van der Waals surface area contributed by atoms with E-state index in [1.165, 1.54) is 24.3 Å². The summed E-state index contributed by atoms with van der Waals surface area (Å²) in [5, 5.41) is 11.8. The standard InChI is InChI=1S/C28H19ClN2O7S/c1-3-36-22-13-16(12-20-27(32)38-26(30-20)17-6-4-5-15(2)11-17)7-10-21(22)37-28(33)25-24(29)19-9-8-18(31(34)35)14-23(19)39-25/h4-14H,3H2,1-2H3/b20-12+. The average Bonchev–Trinajstić information content (AvgIpc) is 3.44. The third-order valence-corrected chi connectivity index (χ3v) is 7.31. The van der Waals surface area contributed by atoms with Crippen LogP contribution in [0.25, 0.3) is 16.2 Å². The Kier molecular flexibility index (Phi) is 7.14. The van der Waals surface area contributed by atoms with Crippen molar-refractivity contribution >= 4 is 62.6 Å². The second-order valence-electron chi connectivity index (χ2n) is 8.42. The monoisotopic (exact) mass is 562 g/mol. The van der Waals surface area contributed by atoms with Crippen LogP contribution in [0.3, 0.4) is 0 Å². The van der Waals surface area contributed by atoms with Gasteiger partial charge in [0.2, 0.25) is 5.90 Å². The highest BCUT2D eigenvalue weighted by molar-refractivity contribution is 7.21. The highest BCUT2D eigenvalue weighted by Crippen LogP contribution is 2.39. The van der Waals surface area contributed by atoms with Crippen molar-refractivity contribution in [1.29, 1.82) is 0 Å². The Bertz CT molecular complexity index is 1720. The number of carbonyl (C=O) groups is 2. The Morgan fingerprint density at radius 3 is 2.72 bits per heavy atom. The Balaban J connectivity index is 1.42. The molecule has 196 valence electrons. The summed E-state index contributed by atoms with van der Waals surface area (Å²) < 4.78 is 17.1. The van der Waals surface area contributed by atoms with E-state index in [1.54, 1.807) is 25.1 Å². The Hall–Kier alpha value is -4.54. The SMILES string of the molecule is CCOc1cc(/C=C2/N=C(c3cccc(C)c3)OC2=O)ccc1OC(=O)c1sc2cc([N+](=O)[O-])ccc2c1Cl. The molecule has 1 aromatic heterocycles. The first-order valence-corrected chi connectivity index (χ1v) is 12.9. The zero-order valence-corrected chi connectivity index (χ0v) is 22.2. The fourth-order valence-corrected chi connectivity index (χ4v) is 5.30. The number of benzene rings is 3. The minimum atomic E-state index is -0.734. The number of nitrogens with zero attached hydrogens (tertiary/aromatic N) is 2. The van der Waals surface area contributed by atoms with E-state index in [0.717, 1.165) is 16.9 Å². The zero-order chi connectivity index (χ0) is 27.7. The zero-order valence-electron chi connectivity index (χ0n) is 20.6. The third-order valence-electron chi connectivity index (χ3n) is 5.67. The van der Waals surface area contributed by atoms with E-state index in [2.05, 4.69) is 4.99 Å². The number of non-ortho nitro benzene ring substituents is 1. The van der Waals surface area contributed by atoms with Crippen molar-refractivity contribution in [2.45, 2.75) is 13.8 Å². The van der Waals surface area contributed by atoms with Crippen LogP contribution in [0.4, 0.5) is 5.69 Å². The number of cyclic esters (lactones) is 1. The fourth-order valence-electron chi connectivity index (χ4n) is 3.88. The van der Waals surface area contributed by atoms with Gasteiger partial charge in [0.15, 0.2) is 17.2 Å². The highest BCUT2D eigenvalue weighted by atomic mass is 35.5. The molecule has 1 aliphatic heterocycles. The molecular formula is C28H19ClN2O7S. The predicted molar refractivity (Wildman–Crippen MR) is 148 cm³/mol. The summed E-state index contributed by atoms with van der Waals surface area (Å²) in [5.41, 5.74) is 2.29. The number of ether oxygens (including phenoxy) is 3. The molecule has 1 aliphatic rings. The molecule has 0 bridgehead atoms. The molecule has 0 amide bonds. The van der Waals surface area contributed by atoms with Crippen molar-refractivity contribution in [3.8, 4) is 11.5 Å². The summed E-state index contributed by atoms with van der Waals surface area (Å²) in [4.78, 5) is 40.5. The second-order valence-corrected chi connectivity index (χ2v) is 9.85. The number of nitro groups is 1. The molecular weight excluding hydrogens is 544 g/mol. The predicted octanol–water partition coefficient (Wildman–Crippen LogP) is 6.73. The van der Waals surface area contributed by atoms with E-state index in [0.29, 0.717) is 21.2 Å². The number of halogens is 1. The van der Waals surface area contributed by atoms with Crippen LogP contribution >= 0.6 is 22.9 Å². The van der Waals surface area contributed by atoms with E-state index >= 15 is 0 Å². The highest BCUT2D eigenvalue weighted by Gasteiger charge is 2.25. The lowest BCUT2D eigenvalue weighted by Gasteiger charge is -2.11. The maximum Gasteiger partial charge on any atom is 0.363 e. The van der Waals surface area contributed by atoms with Gasteiger partial charge in [-0.25, -0.2) is 14.6 Å². The summed E-state index contributed by atoms with van der Waals surface area (Å²) in [6, 6.07) is 16.4. The molecule has 0 atom stereocenters. The van der Waals surface area contributed by atoms with Gasteiger partial charge in [0, 0.05) is 27.8 Å². The molecule has 11 heteroatoms. The summed E-state index contributed by atoms with van der Waals surface area (Å²) in [5.74, 6) is -0.692. The molecule has 0 saturated carbocycles. The Morgan fingerprint density at radius 1 is 1.15 bits per heavy atom. The molecule has 4 aromatic rings. The first-order chi connectivity index (χ1) is 18.7. The largest absolute Gasteiger partial charge is 0.490 e. The van der Waals surface area contributed by atoms with Crippen molar-refractivity contribution in [3.63, 3.8) is 0 Å². The molecule has 5 rings (SSSR count). The lowest BCUT2D eigenvalue weighted by molar-refractivity contribution is -0.384. The maximum atomic E-state index is 13.0. The van der Waals surface area contributed by atoms with Gasteiger partial charge in [0.25, 0.3) is 5.69 Å². The second kappa shape index (κ2) is 10.7. The van der Waals surface area contributed by atoms with Gasteiger partial charge in [-0.15, -0.1) is 11.3 Å². The topological polar surface area (TPSA) is 117 Å². The number of nitro benzene ring substituents is 1. The average molecular weight is 563 g/mol. The summed E-state index contributed by atoms with van der Waals surface area (Å²) >= 11 is 7.39. The summed E-state index contributed by atoms with van der Waals surface area (Å²) in [6.07, 6.45) is 1.55. The van der Waals surface area contributed by atoms with Gasteiger partial charge < -0.3 is 14.2 Å². The van der Waals surface area contributed by atoms with E-state index in [1.807, 2.05) is 31.2 Å². The quantitative estimate of drug-likeness (QED) is 0.0805. The first kappa shape index (κ1) is 26.1. The van der Waals surface area contributed by atoms with Gasteiger partial charge >= 0.3 is 11.9 Å². The minimum absolute atomic E-state index is 0.104. The Morgan fingerprint density at radius 2 is 1.97 bits per heavy atom. The third kappa shape index (κ3) is 5.38. The number of aryl methyl sites for hydroxylation is 1. The molecule has 3 aromatic carbocycles. The van der Waals surface area contributed by atoms with E-state index in [9.17, 15) is 19.7 Å². The molecule has 0 N–H and O–H groups in total. The van der Waals surface area contributed by atoms with Crippen molar-refractivity contribution < 1.29 is 28.7 Å². The smallest absolute Gasteiger partial charge is 0.363 e. The summed E-state index contributed by atoms with van der Waals surface area (Å²) in [7, 11) is 0. The number of thiophene rings is 1. The van der Waals surface area contributed by atoms with E-state index < -0.39 is 16.9 Å². The van der Waals surface area contributed by atoms with Crippen LogP contribution in [0.5, 0.6) is 11.5 Å². The van der Waals surface area contributed by atoms with Gasteiger partial charge in [-0.1, -0.05) is 35.4 Å². The van der Waals surface area contributed by atoms with Crippen molar-refractivity contribution in [2.24, 2.45) is 4.99 Å². The van der Waals surface area contributed by atoms with Crippen LogP contribution in [-0.2, 0) is 9.53 Å². The molecule has 0 aliphatic carbocycles. The van der Waals surface area contributed by atoms with E-state index in [4.69, 9.17) is 25.8 Å². The number of hydrogen-bond acceptors (Lipinski definition) is 9. The van der Waals surface area contributed by atoms with Crippen molar-refractivity contribution in [2.75, 3.05) is 6.61 Å². The van der Waals surface area contributed by atoms with Gasteiger partial charge in [-0.3, -0.25) is 10.1 Å². The van der Waals surface area contributed by atoms with Crippen molar-refractivity contribution in [1.82, 2.24) is 0 Å². The molecule has 0 spiro atoms. The summed E-state index contributed by atoms with van der Waals surface area (Å²) in [6.45, 7) is 4.00. The normalized spacial score (nSPS) is 13.9. The van der Waals surface area contributed by atoms with Crippen molar-refractivity contribution in [3.05, 3.63) is 103 Å². The van der Waals surface area contributed by atoms with Gasteiger partial charge in [-0.2, -0.15) is 0 Å². The molecule has 0 fully saturated rings.